The molecule has 9 heteroatoms. The van der Waals surface area contributed by atoms with Crippen molar-refractivity contribution >= 4 is 36.6 Å². The molecule has 0 aliphatic carbocycles. The first-order valence-corrected chi connectivity index (χ1v) is 8.31. The number of piperazine rings is 1. The summed E-state index contributed by atoms with van der Waals surface area (Å²) in [6.07, 6.45) is 0.381. The Balaban J connectivity index is 0.00000144. The summed E-state index contributed by atoms with van der Waals surface area (Å²) in [5.74, 6) is 0.140. The van der Waals surface area contributed by atoms with Crippen LogP contribution in [0, 0.1) is 5.92 Å². The van der Waals surface area contributed by atoms with Crippen LogP contribution < -0.4 is 5.32 Å². The van der Waals surface area contributed by atoms with Crippen molar-refractivity contribution in [3.8, 4) is 0 Å². The highest BCUT2D eigenvalue weighted by Gasteiger charge is 2.36. The van der Waals surface area contributed by atoms with Crippen LogP contribution >= 0.6 is 24.8 Å². The van der Waals surface area contributed by atoms with Crippen molar-refractivity contribution in [2.75, 3.05) is 72.1 Å². The molecule has 1 atom stereocenters. The Labute approximate surface area is 155 Å². The Kier molecular flexibility index (Phi) is 9.30. The van der Waals surface area contributed by atoms with Gasteiger partial charge in [0.1, 0.15) is 0 Å². The van der Waals surface area contributed by atoms with Crippen LogP contribution in [-0.2, 0) is 14.3 Å². The van der Waals surface area contributed by atoms with Crippen LogP contribution in [0.4, 0.5) is 0 Å². The molecule has 7 nitrogen and oxygen atoms in total. The highest BCUT2D eigenvalue weighted by Crippen LogP contribution is 2.20. The number of hydrogen-bond donors (Lipinski definition) is 1. The highest BCUT2D eigenvalue weighted by molar-refractivity contribution is 5.89. The zero-order valence-electron chi connectivity index (χ0n) is 13.9. The summed E-state index contributed by atoms with van der Waals surface area (Å²) >= 11 is 0. The predicted octanol–water partition coefficient (Wildman–Crippen LogP) is -0.557. The molecule has 0 aromatic rings. The van der Waals surface area contributed by atoms with E-state index in [1.165, 1.54) is 0 Å². The lowest BCUT2D eigenvalue weighted by Crippen LogP contribution is -2.49. The molecule has 3 heterocycles. The largest absolute Gasteiger partial charge is 0.379 e. The van der Waals surface area contributed by atoms with Crippen LogP contribution in [0.2, 0.25) is 0 Å². The van der Waals surface area contributed by atoms with E-state index in [2.05, 4.69) is 10.2 Å². The molecule has 1 N–H and O–H groups in total. The number of carbonyl (C=O) groups excluding carboxylic acids is 2. The predicted molar refractivity (Wildman–Crippen MR) is 95.9 cm³/mol. The Morgan fingerprint density at radius 2 is 1.75 bits per heavy atom. The second-order valence-corrected chi connectivity index (χ2v) is 6.27. The number of nitrogens with one attached hydrogen (secondary N) is 1. The van der Waals surface area contributed by atoms with Crippen LogP contribution in [0.15, 0.2) is 0 Å². The average Bonchev–Trinajstić information content (AvgIpc) is 2.95. The minimum Gasteiger partial charge on any atom is -0.379 e. The smallest absolute Gasteiger partial charge is 0.228 e. The molecule has 0 bridgehead atoms. The maximum Gasteiger partial charge on any atom is 0.228 e. The van der Waals surface area contributed by atoms with Gasteiger partial charge in [-0.25, -0.2) is 0 Å². The van der Waals surface area contributed by atoms with Gasteiger partial charge in [0, 0.05) is 65.3 Å². The Morgan fingerprint density at radius 3 is 2.42 bits per heavy atom. The third-order valence-corrected chi connectivity index (χ3v) is 4.78. The van der Waals surface area contributed by atoms with Crippen LogP contribution in [0.3, 0.4) is 0 Å². The van der Waals surface area contributed by atoms with Gasteiger partial charge >= 0.3 is 0 Å². The fraction of sp³-hybridized carbons (Fsp3) is 0.867. The molecule has 1 unspecified atom stereocenters. The number of likely N-dealkylation sites (tertiary alicyclic amines) is 1. The second-order valence-electron chi connectivity index (χ2n) is 6.27. The van der Waals surface area contributed by atoms with Crippen LogP contribution in [-0.4, -0.2) is 98.6 Å². The topological polar surface area (TPSA) is 65.1 Å². The van der Waals surface area contributed by atoms with Gasteiger partial charge < -0.3 is 19.9 Å². The third-order valence-electron chi connectivity index (χ3n) is 4.78. The molecular weight excluding hydrogens is 355 g/mol. The average molecular weight is 383 g/mol. The number of ether oxygens (including phenoxy) is 1. The summed E-state index contributed by atoms with van der Waals surface area (Å²) < 4.78 is 5.33. The van der Waals surface area contributed by atoms with Crippen LogP contribution in [0.25, 0.3) is 0 Å². The van der Waals surface area contributed by atoms with Crippen molar-refractivity contribution in [2.24, 2.45) is 5.92 Å². The Bertz CT molecular complexity index is 416. The number of halogens is 2. The summed E-state index contributed by atoms with van der Waals surface area (Å²) in [7, 11) is 0. The third kappa shape index (κ3) is 5.46. The van der Waals surface area contributed by atoms with E-state index in [1.54, 1.807) is 0 Å². The summed E-state index contributed by atoms with van der Waals surface area (Å²) in [6, 6.07) is 0. The van der Waals surface area contributed by atoms with E-state index in [0.717, 1.165) is 65.6 Å². The maximum absolute atomic E-state index is 12.5. The minimum absolute atomic E-state index is 0. The molecule has 3 aliphatic heterocycles. The van der Waals surface area contributed by atoms with Crippen molar-refractivity contribution in [2.45, 2.75) is 6.42 Å². The van der Waals surface area contributed by atoms with Crippen molar-refractivity contribution in [1.29, 1.82) is 0 Å². The fourth-order valence-electron chi connectivity index (χ4n) is 3.38. The monoisotopic (exact) mass is 382 g/mol. The van der Waals surface area contributed by atoms with Crippen LogP contribution in [0.5, 0.6) is 0 Å². The van der Waals surface area contributed by atoms with E-state index in [4.69, 9.17) is 4.74 Å². The SMILES string of the molecule is Cl.Cl.O=C1CC(C(=O)N2CCNCC2)CN1CCN1CCOCC1. The molecule has 0 aromatic carbocycles. The lowest BCUT2D eigenvalue weighted by molar-refractivity contribution is -0.136. The van der Waals surface area contributed by atoms with Gasteiger partial charge in [0.15, 0.2) is 0 Å². The lowest BCUT2D eigenvalue weighted by Gasteiger charge is -2.30. The van der Waals surface area contributed by atoms with Gasteiger partial charge in [-0.15, -0.1) is 24.8 Å². The molecule has 140 valence electrons. The molecule has 0 aromatic heterocycles. The van der Waals surface area contributed by atoms with Gasteiger partial charge in [-0.05, 0) is 0 Å². The summed E-state index contributed by atoms with van der Waals surface area (Å²) in [6.45, 7) is 8.85. The zero-order chi connectivity index (χ0) is 15.4. The molecule has 3 fully saturated rings. The van der Waals surface area contributed by atoms with E-state index in [0.29, 0.717) is 13.0 Å². The molecule has 3 saturated heterocycles. The van der Waals surface area contributed by atoms with E-state index < -0.39 is 0 Å². The van der Waals surface area contributed by atoms with Gasteiger partial charge in [0.05, 0.1) is 19.1 Å². The van der Waals surface area contributed by atoms with Gasteiger partial charge in [-0.3, -0.25) is 14.5 Å². The van der Waals surface area contributed by atoms with E-state index in [1.807, 2.05) is 9.80 Å². The fourth-order valence-corrected chi connectivity index (χ4v) is 3.38. The first-order valence-electron chi connectivity index (χ1n) is 8.31. The summed E-state index contributed by atoms with van der Waals surface area (Å²) in [4.78, 5) is 30.7. The van der Waals surface area contributed by atoms with Crippen molar-refractivity contribution in [1.82, 2.24) is 20.0 Å². The highest BCUT2D eigenvalue weighted by atomic mass is 35.5. The Morgan fingerprint density at radius 1 is 1.08 bits per heavy atom. The van der Waals surface area contributed by atoms with E-state index in [9.17, 15) is 9.59 Å². The van der Waals surface area contributed by atoms with Crippen LogP contribution in [0.1, 0.15) is 6.42 Å². The second kappa shape index (κ2) is 10.4. The summed E-state index contributed by atoms with van der Waals surface area (Å²) in [5.41, 5.74) is 0. The number of rotatable bonds is 4. The molecule has 0 radical (unpaired) electrons. The minimum atomic E-state index is -0.143. The number of nitrogens with zero attached hydrogens (tertiary/aromatic N) is 3. The molecule has 3 rings (SSSR count). The lowest BCUT2D eigenvalue weighted by atomic mass is 10.1. The molecule has 0 spiro atoms. The van der Waals surface area contributed by atoms with Crippen molar-refractivity contribution in [3.63, 3.8) is 0 Å². The normalized spacial score (nSPS) is 25.2. The molecule has 0 saturated carbocycles. The van der Waals surface area contributed by atoms with Gasteiger partial charge in [0.25, 0.3) is 0 Å². The maximum atomic E-state index is 12.5. The molecule has 24 heavy (non-hydrogen) atoms. The van der Waals surface area contributed by atoms with Gasteiger partial charge in [-0.1, -0.05) is 0 Å². The number of morpholine rings is 1. The first-order chi connectivity index (χ1) is 10.7. The number of amides is 2. The number of hydrogen-bond acceptors (Lipinski definition) is 5. The molecule has 3 aliphatic rings. The van der Waals surface area contributed by atoms with Crippen molar-refractivity contribution < 1.29 is 14.3 Å². The first kappa shape index (κ1) is 21.4. The van der Waals surface area contributed by atoms with E-state index in [-0.39, 0.29) is 42.5 Å². The number of carbonyl (C=O) groups is 2. The summed E-state index contributed by atoms with van der Waals surface area (Å²) in [5, 5.41) is 3.25. The van der Waals surface area contributed by atoms with E-state index >= 15 is 0 Å². The molecule has 2 amide bonds. The zero-order valence-corrected chi connectivity index (χ0v) is 15.6. The standard InChI is InChI=1S/C15H26N4O3.2ClH/c20-14-11-13(15(21)18-3-1-16-2-4-18)12-19(14)6-5-17-7-9-22-10-8-17;;/h13,16H,1-12H2;2*1H. The van der Waals surface area contributed by atoms with Gasteiger partial charge in [0.2, 0.25) is 11.8 Å². The van der Waals surface area contributed by atoms with Crippen molar-refractivity contribution in [3.05, 3.63) is 0 Å². The molecular formula is C15H28Cl2N4O3. The quantitative estimate of drug-likeness (QED) is 0.706. The van der Waals surface area contributed by atoms with Gasteiger partial charge in [-0.2, -0.15) is 0 Å². The Hall–Kier alpha value is -0.600.